The highest BCUT2D eigenvalue weighted by Crippen LogP contribution is 2.16. The zero-order valence-corrected chi connectivity index (χ0v) is 13.7. The van der Waals surface area contributed by atoms with E-state index in [0.29, 0.717) is 23.9 Å². The Labute approximate surface area is 123 Å². The van der Waals surface area contributed by atoms with Gasteiger partial charge in [0.25, 0.3) is 0 Å². The third-order valence-corrected chi connectivity index (χ3v) is 5.14. The molecule has 0 amide bonds. The summed E-state index contributed by atoms with van der Waals surface area (Å²) >= 11 is 0. The molecule has 0 atom stereocenters. The van der Waals surface area contributed by atoms with Gasteiger partial charge in [0.15, 0.2) is 0 Å². The molecule has 0 radical (unpaired) electrons. The number of sulfonamides is 1. The molecular weight excluding hydrogens is 272 g/mol. The van der Waals surface area contributed by atoms with Crippen molar-refractivity contribution in [3.8, 4) is 0 Å². The Kier molecular flexibility index (Phi) is 6.65. The van der Waals surface area contributed by atoms with E-state index in [4.69, 9.17) is 0 Å². The molecule has 0 aliphatic rings. The monoisotopic (exact) mass is 298 g/mol. The highest BCUT2D eigenvalue weighted by atomic mass is 32.2. The van der Waals surface area contributed by atoms with Gasteiger partial charge in [-0.15, -0.1) is 0 Å². The van der Waals surface area contributed by atoms with Gasteiger partial charge >= 0.3 is 0 Å². The van der Waals surface area contributed by atoms with Crippen molar-refractivity contribution in [1.29, 1.82) is 0 Å². The second-order valence-electron chi connectivity index (χ2n) is 5.15. The molecule has 0 saturated heterocycles. The van der Waals surface area contributed by atoms with Crippen LogP contribution in [0.5, 0.6) is 0 Å². The lowest BCUT2D eigenvalue weighted by Crippen LogP contribution is -2.29. The summed E-state index contributed by atoms with van der Waals surface area (Å²) in [5.74, 6) is 0.395. The lowest BCUT2D eigenvalue weighted by atomic mass is 10.0. The van der Waals surface area contributed by atoms with Crippen molar-refractivity contribution in [3.05, 3.63) is 29.3 Å². The number of nitrogens with one attached hydrogen (secondary N) is 2. The minimum atomic E-state index is -3.41. The summed E-state index contributed by atoms with van der Waals surface area (Å²) in [4.78, 5) is 0.347. The summed E-state index contributed by atoms with van der Waals surface area (Å²) in [7, 11) is -1.56. The molecule has 2 N–H and O–H groups in total. The molecule has 0 heterocycles. The molecule has 0 bridgehead atoms. The van der Waals surface area contributed by atoms with Crippen LogP contribution in [0.2, 0.25) is 0 Å². The van der Waals surface area contributed by atoms with Crippen molar-refractivity contribution in [2.24, 2.45) is 5.92 Å². The summed E-state index contributed by atoms with van der Waals surface area (Å²) in [6, 6.07) is 5.28. The van der Waals surface area contributed by atoms with Gasteiger partial charge in [-0.1, -0.05) is 32.8 Å². The Bertz CT molecular complexity index is 523. The van der Waals surface area contributed by atoms with Crippen LogP contribution in [0, 0.1) is 12.8 Å². The summed E-state index contributed by atoms with van der Waals surface area (Å²) < 4.78 is 27.3. The Morgan fingerprint density at radius 2 is 1.85 bits per heavy atom. The topological polar surface area (TPSA) is 58.2 Å². The van der Waals surface area contributed by atoms with E-state index in [1.807, 2.05) is 20.0 Å². The summed E-state index contributed by atoms with van der Waals surface area (Å²) in [5.41, 5.74) is 2.11. The van der Waals surface area contributed by atoms with Crippen molar-refractivity contribution < 1.29 is 8.42 Å². The number of benzene rings is 1. The van der Waals surface area contributed by atoms with Gasteiger partial charge in [0.05, 0.1) is 4.90 Å². The third kappa shape index (κ3) is 4.58. The van der Waals surface area contributed by atoms with Gasteiger partial charge < -0.3 is 5.32 Å². The fourth-order valence-corrected chi connectivity index (χ4v) is 3.25. The maximum absolute atomic E-state index is 12.3. The number of hydrogen-bond donors (Lipinski definition) is 2. The lowest BCUT2D eigenvalue weighted by molar-refractivity contribution is 0.479. The van der Waals surface area contributed by atoms with E-state index >= 15 is 0 Å². The smallest absolute Gasteiger partial charge is 0.240 e. The number of hydrogen-bond acceptors (Lipinski definition) is 3. The lowest BCUT2D eigenvalue weighted by Gasteiger charge is -2.14. The van der Waals surface area contributed by atoms with Crippen LogP contribution in [0.4, 0.5) is 0 Å². The zero-order chi connectivity index (χ0) is 15.2. The molecule has 20 heavy (non-hydrogen) atoms. The Morgan fingerprint density at radius 3 is 2.40 bits per heavy atom. The van der Waals surface area contributed by atoms with Gasteiger partial charge in [-0.3, -0.25) is 0 Å². The van der Waals surface area contributed by atoms with Crippen LogP contribution < -0.4 is 10.0 Å². The first-order chi connectivity index (χ1) is 9.44. The zero-order valence-electron chi connectivity index (χ0n) is 12.9. The van der Waals surface area contributed by atoms with Crippen molar-refractivity contribution in [2.75, 3.05) is 13.6 Å². The second-order valence-corrected chi connectivity index (χ2v) is 6.92. The Balaban J connectivity index is 2.89. The van der Waals surface area contributed by atoms with Crippen molar-refractivity contribution >= 4 is 10.0 Å². The van der Waals surface area contributed by atoms with Gasteiger partial charge in [-0.25, -0.2) is 13.1 Å². The minimum Gasteiger partial charge on any atom is -0.316 e. The van der Waals surface area contributed by atoms with Gasteiger partial charge in [0.1, 0.15) is 0 Å². The molecular formula is C15H26N2O2S. The predicted molar refractivity (Wildman–Crippen MR) is 83.2 cm³/mol. The average molecular weight is 298 g/mol. The summed E-state index contributed by atoms with van der Waals surface area (Å²) in [6.07, 6.45) is 1.97. The second kappa shape index (κ2) is 7.76. The van der Waals surface area contributed by atoms with Crippen LogP contribution >= 0.6 is 0 Å². The number of rotatable bonds is 8. The molecule has 5 heteroatoms. The largest absolute Gasteiger partial charge is 0.316 e. The maximum atomic E-state index is 12.3. The molecule has 0 unspecified atom stereocenters. The van der Waals surface area contributed by atoms with E-state index in [1.54, 1.807) is 12.1 Å². The van der Waals surface area contributed by atoms with E-state index in [1.165, 1.54) is 0 Å². The fourth-order valence-electron chi connectivity index (χ4n) is 2.08. The quantitative estimate of drug-likeness (QED) is 0.775. The molecule has 0 fully saturated rings. The molecule has 1 rings (SSSR count). The number of aryl methyl sites for hydroxylation is 1. The molecule has 0 saturated carbocycles. The summed E-state index contributed by atoms with van der Waals surface area (Å²) in [5, 5.41) is 3.06. The van der Waals surface area contributed by atoms with Crippen LogP contribution in [0.1, 0.15) is 37.8 Å². The Morgan fingerprint density at radius 1 is 1.20 bits per heavy atom. The molecule has 1 aromatic rings. The van der Waals surface area contributed by atoms with Crippen molar-refractivity contribution in [1.82, 2.24) is 10.0 Å². The van der Waals surface area contributed by atoms with Crippen molar-refractivity contribution in [2.45, 2.75) is 45.1 Å². The van der Waals surface area contributed by atoms with Crippen LogP contribution in [-0.4, -0.2) is 22.0 Å². The van der Waals surface area contributed by atoms with E-state index < -0.39 is 10.0 Å². The van der Waals surface area contributed by atoms with E-state index in [2.05, 4.69) is 23.9 Å². The van der Waals surface area contributed by atoms with Crippen LogP contribution in [-0.2, 0) is 16.6 Å². The van der Waals surface area contributed by atoms with Gasteiger partial charge in [-0.05, 0) is 43.1 Å². The van der Waals surface area contributed by atoms with Crippen LogP contribution in [0.3, 0.4) is 0 Å². The van der Waals surface area contributed by atoms with E-state index in [0.717, 1.165) is 24.0 Å². The molecule has 114 valence electrons. The highest BCUT2D eigenvalue weighted by molar-refractivity contribution is 7.89. The third-order valence-electron chi connectivity index (χ3n) is 3.71. The van der Waals surface area contributed by atoms with E-state index in [-0.39, 0.29) is 0 Å². The molecule has 0 spiro atoms. The fraction of sp³-hybridized carbons (Fsp3) is 0.600. The van der Waals surface area contributed by atoms with Gasteiger partial charge in [0.2, 0.25) is 10.0 Å². The molecule has 0 aliphatic heterocycles. The first-order valence-corrected chi connectivity index (χ1v) is 8.66. The maximum Gasteiger partial charge on any atom is 0.240 e. The molecule has 0 aliphatic carbocycles. The molecule has 1 aromatic carbocycles. The van der Waals surface area contributed by atoms with Crippen molar-refractivity contribution in [3.63, 3.8) is 0 Å². The highest BCUT2D eigenvalue weighted by Gasteiger charge is 2.16. The van der Waals surface area contributed by atoms with E-state index in [9.17, 15) is 8.42 Å². The molecule has 0 aromatic heterocycles. The predicted octanol–water partition coefficient (Wildman–Crippen LogP) is 2.43. The van der Waals surface area contributed by atoms with Crippen LogP contribution in [0.25, 0.3) is 0 Å². The summed E-state index contributed by atoms with van der Waals surface area (Å²) in [6.45, 7) is 7.33. The normalized spacial score (nSPS) is 12.1. The van der Waals surface area contributed by atoms with Crippen LogP contribution in [0.15, 0.2) is 23.1 Å². The minimum absolute atomic E-state index is 0.347. The first-order valence-electron chi connectivity index (χ1n) is 7.18. The first kappa shape index (κ1) is 17.1. The average Bonchev–Trinajstić information content (AvgIpc) is 2.42. The molecule has 4 nitrogen and oxygen atoms in total. The Hall–Kier alpha value is -0.910. The standard InChI is InChI=1S/C15H26N2O2S/c1-5-13(6-2)10-17-20(18,19)15-8-7-12(3)14(9-15)11-16-4/h7-9,13,16-17H,5-6,10-11H2,1-4H3. The van der Waals surface area contributed by atoms with Gasteiger partial charge in [0, 0.05) is 13.1 Å². The SMILES string of the molecule is CCC(CC)CNS(=O)(=O)c1ccc(C)c(CNC)c1. The van der Waals surface area contributed by atoms with Gasteiger partial charge in [-0.2, -0.15) is 0 Å².